The first-order valence-corrected chi connectivity index (χ1v) is 18.7. The van der Waals surface area contributed by atoms with Crippen molar-refractivity contribution in [3.8, 4) is 5.75 Å². The molecule has 1 aromatic heterocycles. The summed E-state index contributed by atoms with van der Waals surface area (Å²) in [4.78, 5) is 17.4. The van der Waals surface area contributed by atoms with Crippen LogP contribution in [0.25, 0.3) is 11.0 Å². The zero-order valence-electron chi connectivity index (χ0n) is 29.7. The van der Waals surface area contributed by atoms with E-state index in [9.17, 15) is 4.79 Å². The molecule has 0 saturated heterocycles. The fraction of sp³-hybridized carbons (Fsp3) is 0.130. The van der Waals surface area contributed by atoms with E-state index in [4.69, 9.17) is 18.6 Å². The number of nitrogens with one attached hydrogen (secondary N) is 1. The Morgan fingerprint density at radius 2 is 1.19 bits per heavy atom. The molecular weight excluding hydrogens is 693 g/mol. The van der Waals surface area contributed by atoms with Gasteiger partial charge in [-0.1, -0.05) is 115 Å². The number of para-hydroxylation sites is 5. The minimum atomic E-state index is -0.302. The number of fused-ring (bicyclic) bond motifs is 6. The molecule has 1 N–H and O–H groups in total. The summed E-state index contributed by atoms with van der Waals surface area (Å²) in [6.07, 6.45) is 3.83. The lowest BCUT2D eigenvalue weighted by atomic mass is 10.1. The van der Waals surface area contributed by atoms with Crippen LogP contribution in [-0.4, -0.2) is 13.0 Å². The van der Waals surface area contributed by atoms with Crippen molar-refractivity contribution >= 4 is 46.2 Å². The van der Waals surface area contributed by atoms with E-state index in [1.807, 2.05) is 78.5 Å². The molecule has 0 radical (unpaired) electrons. The van der Waals surface area contributed by atoms with Crippen LogP contribution in [-0.2, 0) is 35.7 Å². The maximum absolute atomic E-state index is 10.7. The molecule has 0 aliphatic carbocycles. The minimum absolute atomic E-state index is 0.302. The van der Waals surface area contributed by atoms with Gasteiger partial charge in [0, 0.05) is 26.8 Å². The predicted octanol–water partition coefficient (Wildman–Crippen LogP) is 11.3. The molecule has 0 atom stereocenters. The van der Waals surface area contributed by atoms with Gasteiger partial charge in [-0.15, -0.1) is 0 Å². The molecule has 270 valence electrons. The molecular formula is C46H40N2O5S. The third kappa shape index (κ3) is 9.86. The van der Waals surface area contributed by atoms with E-state index in [2.05, 4.69) is 83.1 Å². The smallest absolute Gasteiger partial charge is 0.336 e. The lowest BCUT2D eigenvalue weighted by Crippen LogP contribution is -2.07. The molecule has 6 aromatic carbocycles. The summed E-state index contributed by atoms with van der Waals surface area (Å²) in [6, 6.07) is 51.9. The molecule has 7 aromatic rings. The van der Waals surface area contributed by atoms with Crippen molar-refractivity contribution in [1.29, 1.82) is 0 Å². The van der Waals surface area contributed by atoms with Crippen LogP contribution >= 0.6 is 11.8 Å². The highest BCUT2D eigenvalue weighted by Gasteiger charge is 2.13. The molecule has 0 unspecified atom stereocenters. The minimum Gasteiger partial charge on any atom is -0.493 e. The van der Waals surface area contributed by atoms with Gasteiger partial charge in [0.15, 0.2) is 6.40 Å². The Kier molecular flexibility index (Phi) is 12.5. The van der Waals surface area contributed by atoms with E-state index < -0.39 is 0 Å². The third-order valence-corrected chi connectivity index (χ3v) is 9.89. The number of anilines is 2. The Balaban J connectivity index is 0.000000105. The maximum atomic E-state index is 10.7. The van der Waals surface area contributed by atoms with Crippen molar-refractivity contribution in [1.82, 2.24) is 0 Å². The summed E-state index contributed by atoms with van der Waals surface area (Å²) in [5.74, 6) is 1.08. The van der Waals surface area contributed by atoms with Gasteiger partial charge in [-0.3, -0.25) is 0 Å². The van der Waals surface area contributed by atoms with Gasteiger partial charge in [0.2, 0.25) is 0 Å². The molecule has 4 aliphatic heterocycles. The Labute approximate surface area is 319 Å². The van der Waals surface area contributed by atoms with Crippen LogP contribution in [0.5, 0.6) is 5.75 Å². The molecule has 0 spiro atoms. The van der Waals surface area contributed by atoms with E-state index in [1.165, 1.54) is 56.7 Å². The zero-order chi connectivity index (χ0) is 36.8. The SMILES string of the molecule is C1=Nc2ccccc2CO1.O=c1ccc2ccccc2o1.c1ccc2c(c1)CCCO2.c1ccc2c(c1)COC2.c1ccc2c(c1)Nc1ccccc1S2. The maximum Gasteiger partial charge on any atom is 0.336 e. The summed E-state index contributed by atoms with van der Waals surface area (Å²) < 4.78 is 20.5. The van der Waals surface area contributed by atoms with Gasteiger partial charge in [-0.25, -0.2) is 9.79 Å². The highest BCUT2D eigenvalue weighted by atomic mass is 32.2. The molecule has 0 amide bonds. The Morgan fingerprint density at radius 1 is 0.574 bits per heavy atom. The lowest BCUT2D eigenvalue weighted by Gasteiger charge is -2.19. The van der Waals surface area contributed by atoms with E-state index >= 15 is 0 Å². The highest BCUT2D eigenvalue weighted by Crippen LogP contribution is 2.43. The summed E-state index contributed by atoms with van der Waals surface area (Å²) in [5, 5.41) is 4.37. The van der Waals surface area contributed by atoms with Crippen molar-refractivity contribution in [3.63, 3.8) is 0 Å². The number of hydrogen-bond acceptors (Lipinski definition) is 8. The van der Waals surface area contributed by atoms with E-state index in [1.54, 1.807) is 12.1 Å². The van der Waals surface area contributed by atoms with Crippen LogP contribution in [0.1, 0.15) is 28.7 Å². The van der Waals surface area contributed by atoms with E-state index in [0.717, 1.165) is 48.6 Å². The van der Waals surface area contributed by atoms with Crippen molar-refractivity contribution in [2.24, 2.45) is 4.99 Å². The lowest BCUT2D eigenvalue weighted by molar-refractivity contribution is 0.134. The molecule has 11 rings (SSSR count). The number of aryl methyl sites for hydroxylation is 1. The van der Waals surface area contributed by atoms with Crippen molar-refractivity contribution in [2.45, 2.75) is 42.5 Å². The monoisotopic (exact) mass is 732 g/mol. The first-order chi connectivity index (χ1) is 26.7. The molecule has 7 nitrogen and oxygen atoms in total. The second-order valence-electron chi connectivity index (χ2n) is 12.5. The Morgan fingerprint density at radius 3 is 1.91 bits per heavy atom. The first-order valence-electron chi connectivity index (χ1n) is 17.9. The van der Waals surface area contributed by atoms with Gasteiger partial charge in [0.1, 0.15) is 17.9 Å². The van der Waals surface area contributed by atoms with Gasteiger partial charge in [-0.05, 0) is 78.1 Å². The number of benzene rings is 6. The summed E-state index contributed by atoms with van der Waals surface area (Å²) >= 11 is 1.82. The highest BCUT2D eigenvalue weighted by molar-refractivity contribution is 7.99. The number of aliphatic imine (C=N–C) groups is 1. The summed E-state index contributed by atoms with van der Waals surface area (Å²) in [6.45, 7) is 3.14. The Hall–Kier alpha value is -6.09. The standard InChI is InChI=1S/C12H9NS.C9H6O2.C9H10O.C8H7NO.C8H8O/c1-3-7-11-9(5-1)13-10-6-2-4-8-12(10)14-11;10-9-6-5-7-3-1-2-4-8(7)11-9;1-2-6-9-8(4-1)5-3-7-10-9;1-2-4-8-7(3-1)5-10-6-9-8;1-2-4-8-6-9-5-7(8)3-1/h1-8,13H;1-6H;1-2,4,6H,3,5,7H2;1-4,6H,5H2;1-4H,5-6H2. The number of ether oxygens (including phenoxy) is 3. The number of nitrogens with zero attached hydrogens (tertiary/aromatic N) is 1. The molecule has 0 fully saturated rings. The second kappa shape index (κ2) is 18.6. The molecule has 54 heavy (non-hydrogen) atoms. The molecule has 0 saturated carbocycles. The van der Waals surface area contributed by atoms with Gasteiger partial charge in [0.25, 0.3) is 0 Å². The predicted molar refractivity (Wildman–Crippen MR) is 217 cm³/mol. The normalized spacial score (nSPS) is 13.4. The van der Waals surface area contributed by atoms with Crippen molar-refractivity contribution < 1.29 is 18.6 Å². The van der Waals surface area contributed by atoms with E-state index in [0.29, 0.717) is 12.2 Å². The molecule has 5 heterocycles. The average molecular weight is 733 g/mol. The van der Waals surface area contributed by atoms with Crippen LogP contribution in [0.3, 0.4) is 0 Å². The zero-order valence-corrected chi connectivity index (χ0v) is 30.5. The van der Waals surface area contributed by atoms with Crippen LogP contribution in [0, 0.1) is 0 Å². The van der Waals surface area contributed by atoms with E-state index in [-0.39, 0.29) is 5.63 Å². The van der Waals surface area contributed by atoms with Gasteiger partial charge >= 0.3 is 5.63 Å². The average Bonchev–Trinajstić information content (AvgIpc) is 3.73. The van der Waals surface area contributed by atoms with Crippen molar-refractivity contribution in [2.75, 3.05) is 11.9 Å². The second-order valence-corrected chi connectivity index (χ2v) is 13.6. The molecule has 4 aliphatic rings. The van der Waals surface area contributed by atoms with Crippen LogP contribution in [0.4, 0.5) is 17.1 Å². The number of hydrogen-bond donors (Lipinski definition) is 1. The van der Waals surface area contributed by atoms with Crippen LogP contribution < -0.4 is 15.7 Å². The van der Waals surface area contributed by atoms with Gasteiger partial charge in [-0.2, -0.15) is 0 Å². The topological polar surface area (TPSA) is 82.3 Å². The summed E-state index contributed by atoms with van der Waals surface area (Å²) in [7, 11) is 0. The van der Waals surface area contributed by atoms with Gasteiger partial charge in [0.05, 0.1) is 36.9 Å². The Bertz CT molecular complexity index is 2260. The largest absolute Gasteiger partial charge is 0.493 e. The quantitative estimate of drug-likeness (QED) is 0.155. The third-order valence-electron chi connectivity index (χ3n) is 8.74. The summed E-state index contributed by atoms with van der Waals surface area (Å²) in [5.41, 5.74) is 8.97. The van der Waals surface area contributed by atoms with Crippen molar-refractivity contribution in [3.05, 3.63) is 190 Å². The number of rotatable bonds is 0. The van der Waals surface area contributed by atoms with Gasteiger partial charge < -0.3 is 23.9 Å². The first kappa shape index (κ1) is 36.3. The molecule has 8 heteroatoms. The molecule has 0 bridgehead atoms. The van der Waals surface area contributed by atoms with Crippen LogP contribution in [0.2, 0.25) is 0 Å². The fourth-order valence-corrected chi connectivity index (χ4v) is 6.97. The fourth-order valence-electron chi connectivity index (χ4n) is 5.98. The van der Waals surface area contributed by atoms with Crippen LogP contribution in [0.15, 0.2) is 182 Å².